The monoisotopic (exact) mass is 143 g/mol. The quantitative estimate of drug-likeness (QED) is 0.457. The zero-order valence-electron chi connectivity index (χ0n) is 6.70. The first-order valence-electron chi connectivity index (χ1n) is 3.63. The molecule has 0 aliphatic heterocycles. The van der Waals surface area contributed by atoms with Crippen LogP contribution >= 0.6 is 0 Å². The van der Waals surface area contributed by atoms with E-state index in [9.17, 15) is 0 Å². The molecule has 0 saturated heterocycles. The lowest BCUT2D eigenvalue weighted by Gasteiger charge is -1.99. The smallest absolute Gasteiger partial charge is 0.119 e. The molecule has 0 saturated carbocycles. The molecule has 0 unspecified atom stereocenters. The van der Waals surface area contributed by atoms with Crippen LogP contribution in [0.4, 0.5) is 0 Å². The average Bonchev–Trinajstić information content (AvgIpc) is 1.89. The third kappa shape index (κ3) is 5.79. The van der Waals surface area contributed by atoms with Crippen molar-refractivity contribution in [3.8, 4) is 0 Å². The van der Waals surface area contributed by atoms with Crippen molar-refractivity contribution in [3.63, 3.8) is 0 Å². The third-order valence-electron chi connectivity index (χ3n) is 1.32. The summed E-state index contributed by atoms with van der Waals surface area (Å²) < 4.78 is 0. The molecule has 1 N–H and O–H groups in total. The lowest BCUT2D eigenvalue weighted by molar-refractivity contribution is 0.861. The van der Waals surface area contributed by atoms with Gasteiger partial charge in [-0.2, -0.15) is 0 Å². The van der Waals surface area contributed by atoms with Gasteiger partial charge in [-0.05, 0) is 26.8 Å². The summed E-state index contributed by atoms with van der Waals surface area (Å²) >= 11 is 0. The molecule has 0 aliphatic carbocycles. The highest BCUT2D eigenvalue weighted by Crippen LogP contribution is 1.84. The first kappa shape index (κ1) is 8.92. The molecule has 54 valence electrons. The van der Waals surface area contributed by atoms with Crippen LogP contribution < -0.4 is 4.98 Å². The molecule has 9 heavy (non-hydrogen) atoms. The Hall–Kier alpha value is -0.0831. The van der Waals surface area contributed by atoms with Gasteiger partial charge in [0.25, 0.3) is 0 Å². The van der Waals surface area contributed by atoms with E-state index in [2.05, 4.69) is 31.8 Å². The summed E-state index contributed by atoms with van der Waals surface area (Å²) in [5.74, 6) is 0. The molecule has 0 atom stereocenters. The second-order valence-corrected chi connectivity index (χ2v) is 4.28. The van der Waals surface area contributed by atoms with Crippen LogP contribution in [0.25, 0.3) is 0 Å². The van der Waals surface area contributed by atoms with Crippen molar-refractivity contribution in [2.75, 3.05) is 6.54 Å². The van der Waals surface area contributed by atoms with Crippen LogP contribution in [0, 0.1) is 0 Å². The van der Waals surface area contributed by atoms with Gasteiger partial charge in [-0.25, -0.2) is 0 Å². The van der Waals surface area contributed by atoms with Gasteiger partial charge in [-0.1, -0.05) is 18.2 Å². The highest BCUT2D eigenvalue weighted by atomic mass is 28.2. The van der Waals surface area contributed by atoms with E-state index in [1.807, 2.05) is 0 Å². The van der Waals surface area contributed by atoms with Crippen LogP contribution in [0.3, 0.4) is 0 Å². The highest BCUT2D eigenvalue weighted by Gasteiger charge is 1.85. The van der Waals surface area contributed by atoms with Crippen molar-refractivity contribution in [2.45, 2.75) is 27.2 Å². The largest absolute Gasteiger partial charge is 0.339 e. The van der Waals surface area contributed by atoms with E-state index in [0.29, 0.717) is 0 Å². The molecule has 0 aromatic rings. The van der Waals surface area contributed by atoms with Gasteiger partial charge in [0, 0.05) is 0 Å². The van der Waals surface area contributed by atoms with E-state index in [1.165, 1.54) is 13.0 Å². The molecule has 0 radical (unpaired) electrons. The number of nitrogens with one attached hydrogen (secondary N) is 1. The van der Waals surface area contributed by atoms with Crippen molar-refractivity contribution in [1.29, 1.82) is 0 Å². The Balaban J connectivity index is 3.07. The Morgan fingerprint density at radius 3 is 2.78 bits per heavy atom. The fourth-order valence-electron chi connectivity index (χ4n) is 0.564. The van der Waals surface area contributed by atoms with E-state index in [0.717, 1.165) is 0 Å². The zero-order chi connectivity index (χ0) is 7.11. The van der Waals surface area contributed by atoms with Crippen LogP contribution in [0.15, 0.2) is 11.3 Å². The maximum atomic E-state index is 3.46. The Bertz CT molecular complexity index is 88.9. The Kier molecular flexibility index (Phi) is 5.99. The Labute approximate surface area is 60.4 Å². The summed E-state index contributed by atoms with van der Waals surface area (Å²) in [6.45, 7) is 7.70. The topological polar surface area (TPSA) is 12.0 Å². The molecular weight excluding hydrogens is 126 g/mol. The summed E-state index contributed by atoms with van der Waals surface area (Å²) in [6, 6.07) is 0. The molecule has 1 nitrogen and oxygen atoms in total. The summed E-state index contributed by atoms with van der Waals surface area (Å²) in [4.78, 5) is 3.46. The predicted molar refractivity (Wildman–Crippen MR) is 46.3 cm³/mol. The number of hydrogen-bond acceptors (Lipinski definition) is 1. The molecule has 0 aromatic carbocycles. The van der Waals surface area contributed by atoms with Crippen molar-refractivity contribution in [1.82, 2.24) is 4.98 Å². The van der Waals surface area contributed by atoms with E-state index in [-0.39, 0.29) is 9.68 Å². The first-order valence-corrected chi connectivity index (χ1v) is 5.05. The van der Waals surface area contributed by atoms with E-state index >= 15 is 0 Å². The van der Waals surface area contributed by atoms with Crippen molar-refractivity contribution < 1.29 is 0 Å². The fourth-order valence-corrected chi connectivity index (χ4v) is 1.69. The minimum absolute atomic E-state index is 0.0642. The Morgan fingerprint density at radius 2 is 2.33 bits per heavy atom. The first-order chi connectivity index (χ1) is 4.31. The standard InChI is InChI=1S/C7H17NSi/c1-4-6-8-9-7(3)5-2/h5,8H,4,6,9H2,1-3H3. The molecule has 0 spiro atoms. The maximum absolute atomic E-state index is 3.46. The molecule has 0 aromatic heterocycles. The normalized spacial score (nSPS) is 13.4. The minimum Gasteiger partial charge on any atom is -0.339 e. The van der Waals surface area contributed by atoms with Crippen molar-refractivity contribution in [3.05, 3.63) is 11.3 Å². The molecule has 0 heterocycles. The van der Waals surface area contributed by atoms with Gasteiger partial charge < -0.3 is 4.98 Å². The van der Waals surface area contributed by atoms with Crippen molar-refractivity contribution >= 4 is 9.68 Å². The summed E-state index contributed by atoms with van der Waals surface area (Å²) in [7, 11) is -0.0642. The molecule has 0 amide bonds. The van der Waals surface area contributed by atoms with E-state index < -0.39 is 0 Å². The molecular formula is C7H17NSi. The van der Waals surface area contributed by atoms with Gasteiger partial charge in [0.1, 0.15) is 9.68 Å². The van der Waals surface area contributed by atoms with Gasteiger partial charge in [0.15, 0.2) is 0 Å². The summed E-state index contributed by atoms with van der Waals surface area (Å²) in [5.41, 5.74) is 0. The SMILES string of the molecule is CC=C(C)[SiH2]NCCC. The fraction of sp³-hybridized carbons (Fsp3) is 0.714. The number of rotatable bonds is 4. The predicted octanol–water partition coefficient (Wildman–Crippen LogP) is 0.994. The molecule has 0 rings (SSSR count). The van der Waals surface area contributed by atoms with Crippen LogP contribution in [0.5, 0.6) is 0 Å². The van der Waals surface area contributed by atoms with Crippen LogP contribution in [-0.2, 0) is 0 Å². The number of hydrogen-bond donors (Lipinski definition) is 1. The minimum atomic E-state index is -0.0642. The van der Waals surface area contributed by atoms with Gasteiger partial charge in [0.05, 0.1) is 0 Å². The van der Waals surface area contributed by atoms with Gasteiger partial charge in [-0.3, -0.25) is 0 Å². The molecule has 2 heteroatoms. The zero-order valence-corrected chi connectivity index (χ0v) is 8.11. The van der Waals surface area contributed by atoms with E-state index in [4.69, 9.17) is 0 Å². The lowest BCUT2D eigenvalue weighted by atomic mass is 10.5. The maximum Gasteiger partial charge on any atom is 0.119 e. The van der Waals surface area contributed by atoms with Crippen LogP contribution in [0.1, 0.15) is 27.2 Å². The summed E-state index contributed by atoms with van der Waals surface area (Å²) in [5, 5.41) is 1.56. The van der Waals surface area contributed by atoms with Gasteiger partial charge in [0.2, 0.25) is 0 Å². The second-order valence-electron chi connectivity index (χ2n) is 2.31. The van der Waals surface area contributed by atoms with Gasteiger partial charge >= 0.3 is 0 Å². The summed E-state index contributed by atoms with van der Waals surface area (Å²) in [6.07, 6.45) is 3.46. The molecule has 0 bridgehead atoms. The highest BCUT2D eigenvalue weighted by molar-refractivity contribution is 6.42. The van der Waals surface area contributed by atoms with Crippen LogP contribution in [-0.4, -0.2) is 16.2 Å². The van der Waals surface area contributed by atoms with Gasteiger partial charge in [-0.15, -0.1) is 0 Å². The molecule has 0 fully saturated rings. The second kappa shape index (κ2) is 6.04. The third-order valence-corrected chi connectivity index (χ3v) is 2.89. The van der Waals surface area contributed by atoms with Crippen LogP contribution in [0.2, 0.25) is 0 Å². The average molecular weight is 143 g/mol. The lowest BCUT2D eigenvalue weighted by Crippen LogP contribution is -2.20. The number of allylic oxidation sites excluding steroid dienone is 2. The molecule has 0 aliphatic rings. The van der Waals surface area contributed by atoms with Crippen molar-refractivity contribution in [2.24, 2.45) is 0 Å². The Morgan fingerprint density at radius 1 is 1.67 bits per heavy atom. The van der Waals surface area contributed by atoms with E-state index in [1.54, 1.807) is 5.20 Å².